The third-order valence-electron chi connectivity index (χ3n) is 3.44. The third kappa shape index (κ3) is 4.73. The number of nitrogens with one attached hydrogen (secondary N) is 3. The van der Waals surface area contributed by atoms with Crippen molar-refractivity contribution in [1.82, 2.24) is 10.6 Å². The normalized spacial score (nSPS) is 17.7. The molecule has 0 unspecified atom stereocenters. The second kappa shape index (κ2) is 8.38. The number of ether oxygens (including phenoxy) is 1. The van der Waals surface area contributed by atoms with Crippen molar-refractivity contribution in [3.05, 3.63) is 24.3 Å². The van der Waals surface area contributed by atoms with Crippen molar-refractivity contribution in [3.8, 4) is 5.75 Å². The molecule has 1 heterocycles. The van der Waals surface area contributed by atoms with Crippen molar-refractivity contribution in [3.63, 3.8) is 0 Å². The number of unbranched alkanes of at least 4 members (excludes halogenated alkanes) is 1. The van der Waals surface area contributed by atoms with Crippen LogP contribution in [0.5, 0.6) is 5.75 Å². The number of carbonyl (C=O) groups excluding carboxylic acids is 2. The molecule has 6 nitrogen and oxygen atoms in total. The van der Waals surface area contributed by atoms with Crippen molar-refractivity contribution >= 4 is 17.5 Å². The van der Waals surface area contributed by atoms with E-state index < -0.39 is 6.04 Å². The van der Waals surface area contributed by atoms with Gasteiger partial charge in [-0.05, 0) is 18.6 Å². The summed E-state index contributed by atoms with van der Waals surface area (Å²) in [6.07, 6.45) is 2.13. The zero-order valence-corrected chi connectivity index (χ0v) is 12.9. The summed E-state index contributed by atoms with van der Waals surface area (Å²) < 4.78 is 5.68. The van der Waals surface area contributed by atoms with Gasteiger partial charge >= 0.3 is 0 Å². The van der Waals surface area contributed by atoms with E-state index >= 15 is 0 Å². The number of benzene rings is 1. The maximum absolute atomic E-state index is 12.1. The molecule has 0 bridgehead atoms. The molecule has 0 saturated carbocycles. The summed E-state index contributed by atoms with van der Waals surface area (Å²) in [5, 5.41) is 8.60. The minimum Gasteiger partial charge on any atom is -0.491 e. The van der Waals surface area contributed by atoms with Crippen LogP contribution in [-0.2, 0) is 9.59 Å². The molecule has 0 spiro atoms. The summed E-state index contributed by atoms with van der Waals surface area (Å²) in [7, 11) is 0. The molecule has 1 saturated heterocycles. The molecular formula is C16H23N3O3. The van der Waals surface area contributed by atoms with Crippen LogP contribution >= 0.6 is 0 Å². The summed E-state index contributed by atoms with van der Waals surface area (Å²) in [6.45, 7) is 4.00. The highest BCUT2D eigenvalue weighted by Gasteiger charge is 2.24. The molecule has 6 heteroatoms. The Bertz CT molecular complexity index is 519. The fourth-order valence-electron chi connectivity index (χ4n) is 2.22. The molecule has 1 fully saturated rings. The fourth-order valence-corrected chi connectivity index (χ4v) is 2.22. The van der Waals surface area contributed by atoms with E-state index in [0.717, 1.165) is 12.8 Å². The van der Waals surface area contributed by atoms with Crippen molar-refractivity contribution in [2.45, 2.75) is 32.2 Å². The van der Waals surface area contributed by atoms with Crippen LogP contribution in [-0.4, -0.2) is 37.6 Å². The van der Waals surface area contributed by atoms with Crippen LogP contribution < -0.4 is 20.7 Å². The van der Waals surface area contributed by atoms with Crippen LogP contribution in [0.3, 0.4) is 0 Å². The van der Waals surface area contributed by atoms with E-state index in [9.17, 15) is 9.59 Å². The number of rotatable bonds is 7. The molecular weight excluding hydrogens is 282 g/mol. The van der Waals surface area contributed by atoms with E-state index in [1.54, 1.807) is 6.07 Å². The average molecular weight is 305 g/mol. The smallest absolute Gasteiger partial charge is 0.237 e. The predicted octanol–water partition coefficient (Wildman–Crippen LogP) is 1.28. The summed E-state index contributed by atoms with van der Waals surface area (Å²) >= 11 is 0. The Hall–Kier alpha value is -2.08. The summed E-state index contributed by atoms with van der Waals surface area (Å²) in [4.78, 5) is 23.8. The van der Waals surface area contributed by atoms with Crippen LogP contribution in [0.15, 0.2) is 24.3 Å². The minimum absolute atomic E-state index is 0.106. The molecule has 1 atom stereocenters. The summed E-state index contributed by atoms with van der Waals surface area (Å²) in [5.74, 6) is 0.320. The van der Waals surface area contributed by atoms with Gasteiger partial charge in [-0.15, -0.1) is 0 Å². The number of amides is 2. The highest BCUT2D eigenvalue weighted by Crippen LogP contribution is 2.24. The molecule has 3 N–H and O–H groups in total. The summed E-state index contributed by atoms with van der Waals surface area (Å²) in [5.41, 5.74) is 0.639. The molecule has 1 aliphatic rings. The molecule has 2 rings (SSSR count). The van der Waals surface area contributed by atoms with E-state index in [1.165, 1.54) is 0 Å². The molecule has 1 aliphatic heterocycles. The first-order valence-electron chi connectivity index (χ1n) is 7.73. The van der Waals surface area contributed by atoms with Gasteiger partial charge < -0.3 is 20.7 Å². The first-order valence-corrected chi connectivity index (χ1v) is 7.73. The van der Waals surface area contributed by atoms with Gasteiger partial charge in [0.15, 0.2) is 0 Å². The van der Waals surface area contributed by atoms with Crippen LogP contribution in [0.2, 0.25) is 0 Å². The topological polar surface area (TPSA) is 79.5 Å². The Kier molecular flexibility index (Phi) is 6.21. The largest absolute Gasteiger partial charge is 0.491 e. The van der Waals surface area contributed by atoms with Crippen LogP contribution in [0.1, 0.15) is 26.2 Å². The molecule has 22 heavy (non-hydrogen) atoms. The zero-order valence-electron chi connectivity index (χ0n) is 12.9. The first kappa shape index (κ1) is 16.3. The molecule has 0 aromatic heterocycles. The molecule has 0 radical (unpaired) electrons. The Morgan fingerprint density at radius 2 is 2.18 bits per heavy atom. The monoisotopic (exact) mass is 305 g/mol. The van der Waals surface area contributed by atoms with Gasteiger partial charge in [-0.25, -0.2) is 0 Å². The fraction of sp³-hybridized carbons (Fsp3) is 0.500. The van der Waals surface area contributed by atoms with Crippen molar-refractivity contribution in [2.75, 3.05) is 25.0 Å². The molecule has 1 aromatic rings. The number of carbonyl (C=O) groups is 2. The lowest BCUT2D eigenvalue weighted by atomic mass is 10.1. The zero-order chi connectivity index (χ0) is 15.8. The van der Waals surface area contributed by atoms with Crippen molar-refractivity contribution in [1.29, 1.82) is 0 Å². The van der Waals surface area contributed by atoms with Crippen LogP contribution in [0.4, 0.5) is 5.69 Å². The lowest BCUT2D eigenvalue weighted by molar-refractivity contribution is -0.127. The maximum Gasteiger partial charge on any atom is 0.237 e. The number of anilines is 1. The predicted molar refractivity (Wildman–Crippen MR) is 84.9 cm³/mol. The average Bonchev–Trinajstić information content (AvgIpc) is 2.51. The van der Waals surface area contributed by atoms with Gasteiger partial charge in [0.05, 0.1) is 24.8 Å². The second-order valence-corrected chi connectivity index (χ2v) is 5.25. The highest BCUT2D eigenvalue weighted by atomic mass is 16.5. The molecule has 1 aromatic carbocycles. The third-order valence-corrected chi connectivity index (χ3v) is 3.44. The number of piperazine rings is 1. The molecule has 120 valence electrons. The number of hydrogen-bond acceptors (Lipinski definition) is 4. The van der Waals surface area contributed by atoms with Gasteiger partial charge in [-0.3, -0.25) is 9.59 Å². The number of hydrogen-bond donors (Lipinski definition) is 3. The van der Waals surface area contributed by atoms with Gasteiger partial charge in [0.2, 0.25) is 11.8 Å². The standard InChI is InChI=1S/C16H23N3O3/c1-2-3-10-22-14-7-5-4-6-12(14)19-15(20)11-13-16(21)18-9-8-17-13/h4-7,13,17H,2-3,8-11H2,1H3,(H,18,21)(H,19,20)/t13-/m0/s1. The first-order chi connectivity index (χ1) is 10.7. The van der Waals surface area contributed by atoms with Gasteiger partial charge in [-0.1, -0.05) is 25.5 Å². The van der Waals surface area contributed by atoms with Crippen LogP contribution in [0, 0.1) is 0 Å². The minimum atomic E-state index is -0.470. The summed E-state index contributed by atoms with van der Waals surface area (Å²) in [6, 6.07) is 6.87. The maximum atomic E-state index is 12.1. The molecule has 2 amide bonds. The van der Waals surface area contributed by atoms with E-state index in [2.05, 4.69) is 22.9 Å². The van der Waals surface area contributed by atoms with Crippen molar-refractivity contribution in [2.24, 2.45) is 0 Å². The quantitative estimate of drug-likeness (QED) is 0.663. The van der Waals surface area contributed by atoms with E-state index in [1.807, 2.05) is 18.2 Å². The van der Waals surface area contributed by atoms with Gasteiger partial charge in [0.25, 0.3) is 0 Å². The molecule has 0 aliphatic carbocycles. The second-order valence-electron chi connectivity index (χ2n) is 5.25. The van der Waals surface area contributed by atoms with Gasteiger partial charge in [-0.2, -0.15) is 0 Å². The Balaban J connectivity index is 1.91. The lowest BCUT2D eigenvalue weighted by Crippen LogP contribution is -2.53. The SMILES string of the molecule is CCCCOc1ccccc1NC(=O)C[C@@H]1NCCNC1=O. The Morgan fingerprint density at radius 1 is 1.36 bits per heavy atom. The highest BCUT2D eigenvalue weighted by molar-refractivity contribution is 5.96. The lowest BCUT2D eigenvalue weighted by Gasteiger charge is -2.23. The van der Waals surface area contributed by atoms with Gasteiger partial charge in [0.1, 0.15) is 5.75 Å². The number of para-hydroxylation sites is 2. The Morgan fingerprint density at radius 3 is 2.95 bits per heavy atom. The van der Waals surface area contributed by atoms with E-state index in [-0.39, 0.29) is 18.2 Å². The van der Waals surface area contributed by atoms with Crippen molar-refractivity contribution < 1.29 is 14.3 Å². The Labute approximate surface area is 130 Å². The van der Waals surface area contributed by atoms with E-state index in [0.29, 0.717) is 31.1 Å². The van der Waals surface area contributed by atoms with Gasteiger partial charge in [0, 0.05) is 13.1 Å². The van der Waals surface area contributed by atoms with E-state index in [4.69, 9.17) is 4.74 Å². The van der Waals surface area contributed by atoms with Crippen LogP contribution in [0.25, 0.3) is 0 Å².